The molecule has 0 spiro atoms. The van der Waals surface area contributed by atoms with E-state index in [2.05, 4.69) is 182 Å². The van der Waals surface area contributed by atoms with Gasteiger partial charge in [0.2, 0.25) is 0 Å². The van der Waals surface area contributed by atoms with Gasteiger partial charge in [-0.3, -0.25) is 0 Å². The summed E-state index contributed by atoms with van der Waals surface area (Å²) in [5.74, 6) is 1.94. The van der Waals surface area contributed by atoms with Crippen LogP contribution in [0.25, 0.3) is 130 Å². The van der Waals surface area contributed by atoms with Crippen LogP contribution in [0.5, 0.6) is 0 Å². The number of hydrogen-bond acceptors (Lipinski definition) is 4. The molecule has 272 valence electrons. The van der Waals surface area contributed by atoms with Crippen molar-refractivity contribution in [1.29, 1.82) is 0 Å². The van der Waals surface area contributed by atoms with Gasteiger partial charge >= 0.3 is 0 Å². The van der Waals surface area contributed by atoms with Gasteiger partial charge in [-0.15, -0.1) is 11.3 Å². The summed E-state index contributed by atoms with van der Waals surface area (Å²) >= 11 is 1.81. The molecule has 0 aliphatic carbocycles. The van der Waals surface area contributed by atoms with Crippen molar-refractivity contribution in [2.24, 2.45) is 0 Å². The first-order chi connectivity index (χ1) is 29.2. The van der Waals surface area contributed by atoms with Gasteiger partial charge in [0.1, 0.15) is 0 Å². The Labute approximate surface area is 342 Å². The van der Waals surface area contributed by atoms with Crippen LogP contribution in [0.1, 0.15) is 0 Å². The lowest BCUT2D eigenvalue weighted by Gasteiger charge is -2.17. The molecule has 2 aromatic heterocycles. The molecule has 4 heteroatoms. The molecule has 0 saturated heterocycles. The average Bonchev–Trinajstić information content (AvgIpc) is 3.68. The fourth-order valence-corrected chi connectivity index (χ4v) is 10.6. The number of aromatic nitrogens is 3. The molecule has 3 nitrogen and oxygen atoms in total. The molecule has 0 saturated carbocycles. The van der Waals surface area contributed by atoms with E-state index in [4.69, 9.17) is 15.0 Å². The lowest BCUT2D eigenvalue weighted by atomic mass is 9.87. The Bertz CT molecular complexity index is 3820. The molecule has 0 N–H and O–H groups in total. The molecule has 0 fully saturated rings. The normalized spacial score (nSPS) is 12.1. The van der Waals surface area contributed by atoms with E-state index in [1.807, 2.05) is 17.4 Å². The highest BCUT2D eigenvalue weighted by molar-refractivity contribution is 7.25. The van der Waals surface area contributed by atoms with E-state index < -0.39 is 0 Å². The van der Waals surface area contributed by atoms with E-state index in [1.54, 1.807) is 0 Å². The first-order valence-corrected chi connectivity index (χ1v) is 20.8. The molecule has 0 aliphatic heterocycles. The highest BCUT2D eigenvalue weighted by Crippen LogP contribution is 2.44. The number of thiophene rings is 1. The van der Waals surface area contributed by atoms with Crippen LogP contribution >= 0.6 is 11.3 Å². The third-order valence-corrected chi connectivity index (χ3v) is 13.3. The summed E-state index contributed by atoms with van der Waals surface area (Å²) in [4.78, 5) is 15.8. The molecule has 0 unspecified atom stereocenters. The Hall–Kier alpha value is -7.53. The standard InChI is InChI=1S/C55H31N3S/c1-2-9-32(10-3-1)33-19-24-37(25-20-33)53-56-54(39-27-28-42-41-14-4-5-18-47(41)59-48(42)31-39)58-55(57-53)40-29-38-26-23-36-12-7-16-44-43-15-6-11-34-21-22-35-13-8-17-45(51(35)49(34)43)46(30-40)52(38)50(36)44/h1-31H. The van der Waals surface area contributed by atoms with E-state index in [0.717, 1.165) is 27.6 Å². The molecule has 0 aliphatic rings. The average molecular weight is 766 g/mol. The SMILES string of the molecule is c1ccc(-c2ccc(-c3nc(-c4ccc5c(c4)sc4ccccc45)nc(-c4cc5ccc6cccc7c8cccc9ccc%10cccc(c(c4)c5c67)c%10c98)n3)cc2)cc1. The summed E-state index contributed by atoms with van der Waals surface area (Å²) in [6.45, 7) is 0. The van der Waals surface area contributed by atoms with Gasteiger partial charge in [-0.1, -0.05) is 164 Å². The third kappa shape index (κ3) is 4.97. The fraction of sp³-hybridized carbons (Fsp3) is 0. The number of rotatable bonds is 4. The number of fused-ring (bicyclic) bond motifs is 5. The zero-order valence-corrected chi connectivity index (χ0v) is 32.5. The lowest BCUT2D eigenvalue weighted by Crippen LogP contribution is -2.00. The van der Waals surface area contributed by atoms with E-state index in [9.17, 15) is 0 Å². The third-order valence-electron chi connectivity index (χ3n) is 12.2. The molecular weight excluding hydrogens is 735 g/mol. The first-order valence-electron chi connectivity index (χ1n) is 20.0. The van der Waals surface area contributed by atoms with Crippen molar-refractivity contribution in [3.63, 3.8) is 0 Å². The smallest absolute Gasteiger partial charge is 0.164 e. The van der Waals surface area contributed by atoms with Gasteiger partial charge in [0, 0.05) is 36.9 Å². The van der Waals surface area contributed by atoms with E-state index in [1.165, 1.54) is 85.0 Å². The predicted octanol–water partition coefficient (Wildman–Crippen LogP) is 15.3. The largest absolute Gasteiger partial charge is 0.208 e. The maximum absolute atomic E-state index is 5.33. The van der Waals surface area contributed by atoms with Crippen LogP contribution in [0.3, 0.4) is 0 Å². The molecule has 0 bridgehead atoms. The highest BCUT2D eigenvalue weighted by atomic mass is 32.1. The second-order valence-electron chi connectivity index (χ2n) is 15.5. The van der Waals surface area contributed by atoms with Crippen molar-refractivity contribution in [3.05, 3.63) is 188 Å². The van der Waals surface area contributed by atoms with E-state index >= 15 is 0 Å². The first kappa shape index (κ1) is 32.5. The van der Waals surface area contributed by atoms with Gasteiger partial charge in [0.05, 0.1) is 0 Å². The van der Waals surface area contributed by atoms with Crippen molar-refractivity contribution in [3.8, 4) is 45.3 Å². The molecule has 11 aromatic carbocycles. The van der Waals surface area contributed by atoms with Crippen LogP contribution in [-0.4, -0.2) is 15.0 Å². The number of benzene rings is 10. The maximum Gasteiger partial charge on any atom is 0.164 e. The van der Waals surface area contributed by atoms with Crippen LogP contribution in [0.4, 0.5) is 0 Å². The molecule has 0 amide bonds. The zero-order chi connectivity index (χ0) is 38.6. The molecular formula is C55H31N3S. The van der Waals surface area contributed by atoms with Crippen LogP contribution in [0.2, 0.25) is 0 Å². The van der Waals surface area contributed by atoms with Gasteiger partial charge in [-0.2, -0.15) is 0 Å². The van der Waals surface area contributed by atoms with E-state index in [-0.39, 0.29) is 0 Å². The van der Waals surface area contributed by atoms with Crippen molar-refractivity contribution >= 4 is 96.1 Å². The predicted molar refractivity (Wildman–Crippen MR) is 251 cm³/mol. The minimum absolute atomic E-state index is 0.644. The second kappa shape index (κ2) is 12.5. The summed E-state index contributed by atoms with van der Waals surface area (Å²) in [6.07, 6.45) is 0. The lowest BCUT2D eigenvalue weighted by molar-refractivity contribution is 1.08. The van der Waals surface area contributed by atoms with Crippen LogP contribution in [-0.2, 0) is 0 Å². The number of nitrogens with zero attached hydrogens (tertiary/aromatic N) is 3. The van der Waals surface area contributed by atoms with Gasteiger partial charge in [-0.25, -0.2) is 15.0 Å². The Morgan fingerprint density at radius 1 is 0.254 bits per heavy atom. The minimum Gasteiger partial charge on any atom is -0.208 e. The Morgan fingerprint density at radius 2 is 0.729 bits per heavy atom. The molecule has 0 atom stereocenters. The maximum atomic E-state index is 5.33. The van der Waals surface area contributed by atoms with Gasteiger partial charge in [0.15, 0.2) is 17.5 Å². The Balaban J connectivity index is 1.10. The summed E-state index contributed by atoms with van der Waals surface area (Å²) < 4.78 is 2.49. The topological polar surface area (TPSA) is 38.7 Å². The van der Waals surface area contributed by atoms with Crippen LogP contribution in [0.15, 0.2) is 188 Å². The van der Waals surface area contributed by atoms with Gasteiger partial charge in [0.25, 0.3) is 0 Å². The Morgan fingerprint density at radius 3 is 1.41 bits per heavy atom. The summed E-state index contributed by atoms with van der Waals surface area (Å²) in [5, 5.41) is 17.4. The van der Waals surface area contributed by atoms with Crippen LogP contribution in [0, 0.1) is 0 Å². The molecule has 2 heterocycles. The second-order valence-corrected chi connectivity index (χ2v) is 16.6. The van der Waals surface area contributed by atoms with Crippen LogP contribution < -0.4 is 0 Å². The summed E-state index contributed by atoms with van der Waals surface area (Å²) in [5.41, 5.74) is 5.19. The molecule has 13 aromatic rings. The van der Waals surface area contributed by atoms with Crippen molar-refractivity contribution in [1.82, 2.24) is 15.0 Å². The molecule has 13 rings (SSSR count). The zero-order valence-electron chi connectivity index (χ0n) is 31.6. The van der Waals surface area contributed by atoms with Crippen molar-refractivity contribution < 1.29 is 0 Å². The summed E-state index contributed by atoms with van der Waals surface area (Å²) in [6, 6.07) is 68.1. The van der Waals surface area contributed by atoms with Crippen molar-refractivity contribution in [2.45, 2.75) is 0 Å². The molecule has 0 radical (unpaired) electrons. The Kier molecular flexibility index (Phi) is 6.89. The summed E-state index contributed by atoms with van der Waals surface area (Å²) in [7, 11) is 0. The fourth-order valence-electron chi connectivity index (χ4n) is 9.48. The monoisotopic (exact) mass is 765 g/mol. The quantitative estimate of drug-likeness (QED) is 0.168. The van der Waals surface area contributed by atoms with Crippen molar-refractivity contribution in [2.75, 3.05) is 0 Å². The highest BCUT2D eigenvalue weighted by Gasteiger charge is 2.19. The minimum atomic E-state index is 0.644. The van der Waals surface area contributed by atoms with Gasteiger partial charge in [-0.05, 0) is 100 Å². The van der Waals surface area contributed by atoms with Gasteiger partial charge < -0.3 is 0 Å². The number of hydrogen-bond donors (Lipinski definition) is 0. The molecule has 59 heavy (non-hydrogen) atoms. The van der Waals surface area contributed by atoms with E-state index in [0.29, 0.717) is 17.5 Å².